The zero-order chi connectivity index (χ0) is 15.6. The molecule has 1 N–H and O–H groups in total. The van der Waals surface area contributed by atoms with Gasteiger partial charge in [0, 0.05) is 28.1 Å². The van der Waals surface area contributed by atoms with Crippen molar-refractivity contribution in [1.82, 2.24) is 9.97 Å². The molecule has 0 radical (unpaired) electrons. The van der Waals surface area contributed by atoms with Crippen LogP contribution in [0.2, 0.25) is 5.15 Å². The highest BCUT2D eigenvalue weighted by Crippen LogP contribution is 2.24. The van der Waals surface area contributed by atoms with Gasteiger partial charge < -0.3 is 5.32 Å². The molecule has 0 aliphatic heterocycles. The average Bonchev–Trinajstić information content (AvgIpc) is 2.43. The summed E-state index contributed by atoms with van der Waals surface area (Å²) in [6.45, 7) is 6.17. The lowest BCUT2D eigenvalue weighted by Gasteiger charge is -2.13. The maximum Gasteiger partial charge on any atom is 0.137 e. The summed E-state index contributed by atoms with van der Waals surface area (Å²) in [7, 11) is 0. The second-order valence-corrected chi connectivity index (χ2v) is 6.36. The van der Waals surface area contributed by atoms with Crippen molar-refractivity contribution in [2.45, 2.75) is 33.2 Å². The summed E-state index contributed by atoms with van der Waals surface area (Å²) in [5, 5.41) is 3.56. The highest BCUT2D eigenvalue weighted by molar-refractivity contribution is 9.10. The Labute approximate surface area is 137 Å². The third-order valence-electron chi connectivity index (χ3n) is 3.07. The van der Waals surface area contributed by atoms with Crippen LogP contribution < -0.4 is 5.32 Å². The van der Waals surface area contributed by atoms with E-state index in [4.69, 9.17) is 11.6 Å². The first kappa shape index (κ1) is 16.2. The zero-order valence-electron chi connectivity index (χ0n) is 12.0. The van der Waals surface area contributed by atoms with E-state index >= 15 is 0 Å². The fourth-order valence-electron chi connectivity index (χ4n) is 1.79. The van der Waals surface area contributed by atoms with Gasteiger partial charge in [-0.2, -0.15) is 0 Å². The van der Waals surface area contributed by atoms with E-state index in [1.165, 1.54) is 6.07 Å². The van der Waals surface area contributed by atoms with Gasteiger partial charge in [0.15, 0.2) is 0 Å². The molecule has 0 spiro atoms. The van der Waals surface area contributed by atoms with Crippen LogP contribution in [0.15, 0.2) is 22.7 Å². The monoisotopic (exact) mass is 371 g/mol. The minimum atomic E-state index is -0.257. The van der Waals surface area contributed by atoms with E-state index in [0.717, 1.165) is 10.0 Å². The molecule has 1 aromatic heterocycles. The Morgan fingerprint density at radius 2 is 2.05 bits per heavy atom. The largest absolute Gasteiger partial charge is 0.366 e. The molecule has 3 nitrogen and oxygen atoms in total. The molecule has 2 rings (SSSR count). The van der Waals surface area contributed by atoms with Gasteiger partial charge in [-0.25, -0.2) is 14.4 Å². The summed E-state index contributed by atoms with van der Waals surface area (Å²) in [5.41, 5.74) is 1.32. The van der Waals surface area contributed by atoms with Crippen LogP contribution in [0.1, 0.15) is 36.7 Å². The lowest BCUT2D eigenvalue weighted by Crippen LogP contribution is -2.09. The Morgan fingerprint density at radius 3 is 2.71 bits per heavy atom. The smallest absolute Gasteiger partial charge is 0.137 e. The number of benzene rings is 1. The van der Waals surface area contributed by atoms with Crippen LogP contribution >= 0.6 is 27.5 Å². The molecule has 21 heavy (non-hydrogen) atoms. The van der Waals surface area contributed by atoms with E-state index in [2.05, 4.69) is 31.2 Å². The molecule has 0 aliphatic rings. The third-order valence-corrected chi connectivity index (χ3v) is 3.94. The predicted octanol–water partition coefficient (Wildman–Crippen LogP) is 5.08. The summed E-state index contributed by atoms with van der Waals surface area (Å²) < 4.78 is 14.6. The first-order valence-corrected chi connectivity index (χ1v) is 7.77. The predicted molar refractivity (Wildman–Crippen MR) is 87.3 cm³/mol. The SMILES string of the molecule is Cc1c(Cl)nc(C(C)C)nc1NCc1cc(Br)ccc1F. The molecule has 0 fully saturated rings. The van der Waals surface area contributed by atoms with E-state index in [0.29, 0.717) is 28.9 Å². The topological polar surface area (TPSA) is 37.8 Å². The summed E-state index contributed by atoms with van der Waals surface area (Å²) >= 11 is 9.47. The molecular formula is C15H16BrClFN3. The molecule has 0 aliphatic carbocycles. The first-order chi connectivity index (χ1) is 9.88. The van der Waals surface area contributed by atoms with Gasteiger partial charge in [-0.1, -0.05) is 41.4 Å². The van der Waals surface area contributed by atoms with Crippen molar-refractivity contribution in [3.8, 4) is 0 Å². The van der Waals surface area contributed by atoms with E-state index in [1.54, 1.807) is 12.1 Å². The maximum atomic E-state index is 13.7. The van der Waals surface area contributed by atoms with Crippen LogP contribution in [0, 0.1) is 12.7 Å². The van der Waals surface area contributed by atoms with Gasteiger partial charge in [-0.3, -0.25) is 0 Å². The molecule has 0 amide bonds. The number of hydrogen-bond acceptors (Lipinski definition) is 3. The van der Waals surface area contributed by atoms with Gasteiger partial charge in [0.25, 0.3) is 0 Å². The van der Waals surface area contributed by atoms with Crippen LogP contribution in [0.4, 0.5) is 10.2 Å². The Bertz CT molecular complexity index is 662. The quantitative estimate of drug-likeness (QED) is 0.761. The highest BCUT2D eigenvalue weighted by atomic mass is 79.9. The molecule has 112 valence electrons. The minimum Gasteiger partial charge on any atom is -0.366 e. The molecule has 0 unspecified atom stereocenters. The van der Waals surface area contributed by atoms with Crippen molar-refractivity contribution in [1.29, 1.82) is 0 Å². The number of nitrogens with zero attached hydrogens (tertiary/aromatic N) is 2. The Morgan fingerprint density at radius 1 is 1.33 bits per heavy atom. The van der Waals surface area contributed by atoms with Gasteiger partial charge in [0.2, 0.25) is 0 Å². The standard InChI is InChI=1S/C15H16BrClFN3/c1-8(2)14-20-13(17)9(3)15(21-14)19-7-10-6-11(16)4-5-12(10)18/h4-6,8H,7H2,1-3H3,(H,19,20,21). The van der Waals surface area contributed by atoms with Crippen LogP contribution in [-0.2, 0) is 6.54 Å². The van der Waals surface area contributed by atoms with Gasteiger partial charge >= 0.3 is 0 Å². The maximum absolute atomic E-state index is 13.7. The number of anilines is 1. The molecule has 0 saturated heterocycles. The number of nitrogens with one attached hydrogen (secondary N) is 1. The normalized spacial score (nSPS) is 11.0. The lowest BCUT2D eigenvalue weighted by atomic mass is 10.2. The van der Waals surface area contributed by atoms with Gasteiger partial charge in [0.1, 0.15) is 22.6 Å². The zero-order valence-corrected chi connectivity index (χ0v) is 14.4. The fraction of sp³-hybridized carbons (Fsp3) is 0.333. The Hall–Kier alpha value is -1.20. The Kier molecular flexibility index (Phi) is 5.17. The number of halogens is 3. The summed E-state index contributed by atoms with van der Waals surface area (Å²) in [5.74, 6) is 1.22. The number of rotatable bonds is 4. The van der Waals surface area contributed by atoms with E-state index in [9.17, 15) is 4.39 Å². The summed E-state index contributed by atoms with van der Waals surface area (Å²) in [6.07, 6.45) is 0. The van der Waals surface area contributed by atoms with E-state index in [1.807, 2.05) is 20.8 Å². The van der Waals surface area contributed by atoms with Gasteiger partial charge in [0.05, 0.1) is 0 Å². The summed E-state index contributed by atoms with van der Waals surface area (Å²) in [4.78, 5) is 8.71. The van der Waals surface area contributed by atoms with Crippen LogP contribution in [0.25, 0.3) is 0 Å². The fourth-order valence-corrected chi connectivity index (χ4v) is 2.38. The molecule has 6 heteroatoms. The Balaban J connectivity index is 2.25. The van der Waals surface area contributed by atoms with Crippen molar-refractivity contribution in [3.05, 3.63) is 50.6 Å². The van der Waals surface area contributed by atoms with Crippen LogP contribution in [0.5, 0.6) is 0 Å². The van der Waals surface area contributed by atoms with Crippen LogP contribution in [0.3, 0.4) is 0 Å². The van der Waals surface area contributed by atoms with Crippen molar-refractivity contribution in [2.24, 2.45) is 0 Å². The average molecular weight is 373 g/mol. The van der Waals surface area contributed by atoms with Crippen LogP contribution in [-0.4, -0.2) is 9.97 Å². The molecular weight excluding hydrogens is 357 g/mol. The molecule has 0 bridgehead atoms. The van der Waals surface area contributed by atoms with Crippen molar-refractivity contribution >= 4 is 33.3 Å². The van der Waals surface area contributed by atoms with E-state index in [-0.39, 0.29) is 11.7 Å². The highest BCUT2D eigenvalue weighted by Gasteiger charge is 2.12. The molecule has 1 aromatic carbocycles. The lowest BCUT2D eigenvalue weighted by molar-refractivity contribution is 0.612. The van der Waals surface area contributed by atoms with Crippen molar-refractivity contribution in [2.75, 3.05) is 5.32 Å². The molecule has 0 atom stereocenters. The second kappa shape index (κ2) is 6.71. The number of aromatic nitrogens is 2. The number of hydrogen-bond donors (Lipinski definition) is 1. The molecule has 2 aromatic rings. The first-order valence-electron chi connectivity index (χ1n) is 6.60. The minimum absolute atomic E-state index is 0.172. The van der Waals surface area contributed by atoms with Crippen molar-refractivity contribution < 1.29 is 4.39 Å². The van der Waals surface area contributed by atoms with E-state index < -0.39 is 0 Å². The van der Waals surface area contributed by atoms with Crippen molar-refractivity contribution in [3.63, 3.8) is 0 Å². The summed E-state index contributed by atoms with van der Waals surface area (Å²) in [6, 6.07) is 4.84. The second-order valence-electron chi connectivity index (χ2n) is 5.09. The third kappa shape index (κ3) is 3.92. The van der Waals surface area contributed by atoms with Gasteiger partial charge in [-0.15, -0.1) is 0 Å². The van der Waals surface area contributed by atoms with Gasteiger partial charge in [-0.05, 0) is 25.1 Å². The molecule has 0 saturated carbocycles. The molecule has 1 heterocycles.